The highest BCUT2D eigenvalue weighted by Gasteiger charge is 2.23. The summed E-state index contributed by atoms with van der Waals surface area (Å²) in [5, 5.41) is 11.6. The van der Waals surface area contributed by atoms with Crippen molar-refractivity contribution in [2.24, 2.45) is 0 Å². The van der Waals surface area contributed by atoms with Crippen LogP contribution in [0, 0.1) is 0 Å². The Morgan fingerprint density at radius 1 is 1.30 bits per heavy atom. The normalized spacial score (nSPS) is 16.5. The number of hydrogen-bond acceptors (Lipinski definition) is 6. The van der Waals surface area contributed by atoms with Crippen LogP contribution in [-0.2, 0) is 4.74 Å². The van der Waals surface area contributed by atoms with E-state index in [1.807, 2.05) is 6.07 Å². The number of fused-ring (bicyclic) bond motifs is 3. The molecule has 3 heterocycles. The van der Waals surface area contributed by atoms with Crippen LogP contribution in [0.3, 0.4) is 0 Å². The molecule has 7 heteroatoms. The zero-order valence-electron chi connectivity index (χ0n) is 12.9. The van der Waals surface area contributed by atoms with E-state index in [0.29, 0.717) is 11.8 Å². The van der Waals surface area contributed by atoms with Gasteiger partial charge in [0.05, 0.1) is 11.5 Å². The minimum Gasteiger partial charge on any atom is -0.508 e. The molecule has 0 bridgehead atoms. The highest BCUT2D eigenvalue weighted by molar-refractivity contribution is 6.12. The number of hydrogen-bond donors (Lipinski definition) is 3. The molecule has 4 N–H and O–H groups in total. The maximum atomic E-state index is 9.82. The van der Waals surface area contributed by atoms with Crippen molar-refractivity contribution in [2.45, 2.75) is 18.9 Å². The van der Waals surface area contributed by atoms with Crippen LogP contribution < -0.4 is 10.6 Å². The quantitative estimate of drug-likeness (QED) is 0.669. The fraction of sp³-hybridized carbons (Fsp3) is 0.375. The molecule has 4 rings (SSSR count). The van der Waals surface area contributed by atoms with Gasteiger partial charge < -0.3 is 25.5 Å². The van der Waals surface area contributed by atoms with E-state index in [0.717, 1.165) is 48.0 Å². The van der Waals surface area contributed by atoms with Gasteiger partial charge in [0.25, 0.3) is 0 Å². The number of anilines is 2. The predicted molar refractivity (Wildman–Crippen MR) is 89.7 cm³/mol. The van der Waals surface area contributed by atoms with Crippen molar-refractivity contribution in [3.05, 3.63) is 18.2 Å². The number of rotatable bonds is 2. The summed E-state index contributed by atoms with van der Waals surface area (Å²) < 4.78 is 5.43. The molecule has 1 saturated heterocycles. The third-order valence-corrected chi connectivity index (χ3v) is 4.51. The lowest BCUT2D eigenvalue weighted by atomic mass is 10.1. The molecule has 0 spiro atoms. The molecule has 0 radical (unpaired) electrons. The third-order valence-electron chi connectivity index (χ3n) is 4.51. The molecule has 0 amide bonds. The number of phenols is 1. The van der Waals surface area contributed by atoms with Crippen LogP contribution in [0.4, 0.5) is 11.8 Å². The number of nitrogens with one attached hydrogen (secondary N) is 1. The van der Waals surface area contributed by atoms with Crippen molar-refractivity contribution in [1.82, 2.24) is 15.0 Å². The standard InChI is InChI=1S/C16H19N5O2/c1-23-10-4-6-21(7-5-10)15-13-11-8-9(22)2-3-12(11)18-14(13)19-16(17)20-15/h2-3,8,10,22H,4-7H2,1H3,(H3,17,18,19,20). The van der Waals surface area contributed by atoms with Crippen LogP contribution in [0.25, 0.3) is 21.9 Å². The van der Waals surface area contributed by atoms with E-state index in [-0.39, 0.29) is 11.7 Å². The fourth-order valence-corrected chi connectivity index (χ4v) is 3.31. The number of benzene rings is 1. The molecule has 1 aliphatic rings. The fourth-order valence-electron chi connectivity index (χ4n) is 3.31. The number of methoxy groups -OCH3 is 1. The van der Waals surface area contributed by atoms with E-state index in [2.05, 4.69) is 19.9 Å². The Labute approximate surface area is 133 Å². The number of aromatic hydroxyl groups is 1. The molecule has 1 aliphatic heterocycles. The van der Waals surface area contributed by atoms with Gasteiger partial charge in [-0.25, -0.2) is 0 Å². The lowest BCUT2D eigenvalue weighted by Crippen LogP contribution is -2.37. The molecular weight excluding hydrogens is 294 g/mol. The van der Waals surface area contributed by atoms with Gasteiger partial charge in [0, 0.05) is 31.1 Å². The van der Waals surface area contributed by atoms with Crippen molar-refractivity contribution < 1.29 is 9.84 Å². The molecule has 7 nitrogen and oxygen atoms in total. The Morgan fingerprint density at radius 3 is 2.83 bits per heavy atom. The largest absolute Gasteiger partial charge is 0.508 e. The van der Waals surface area contributed by atoms with Gasteiger partial charge in [-0.15, -0.1) is 0 Å². The minimum atomic E-state index is 0.222. The Hall–Kier alpha value is -2.54. The van der Waals surface area contributed by atoms with Gasteiger partial charge in [0.15, 0.2) is 0 Å². The van der Waals surface area contributed by atoms with Gasteiger partial charge in [-0.2, -0.15) is 9.97 Å². The van der Waals surface area contributed by atoms with Crippen LogP contribution in [0.1, 0.15) is 12.8 Å². The number of piperidine rings is 1. The second kappa shape index (κ2) is 5.27. The van der Waals surface area contributed by atoms with Crippen LogP contribution in [0.5, 0.6) is 5.75 Å². The summed E-state index contributed by atoms with van der Waals surface area (Å²) in [6, 6.07) is 5.22. The first-order valence-electron chi connectivity index (χ1n) is 7.71. The molecule has 2 aromatic heterocycles. The second-order valence-electron chi connectivity index (χ2n) is 5.91. The van der Waals surface area contributed by atoms with Gasteiger partial charge in [-0.05, 0) is 31.0 Å². The summed E-state index contributed by atoms with van der Waals surface area (Å²) in [5.41, 5.74) is 7.50. The van der Waals surface area contributed by atoms with Gasteiger partial charge in [-0.1, -0.05) is 0 Å². The first kappa shape index (κ1) is 14.1. The molecule has 3 aromatic rings. The predicted octanol–water partition coefficient (Wildman–Crippen LogP) is 2.01. The van der Waals surface area contributed by atoms with Crippen molar-refractivity contribution in [2.75, 3.05) is 30.8 Å². The summed E-state index contributed by atoms with van der Waals surface area (Å²) in [6.07, 6.45) is 2.21. The van der Waals surface area contributed by atoms with E-state index in [4.69, 9.17) is 10.5 Å². The number of nitrogens with zero attached hydrogens (tertiary/aromatic N) is 3. The van der Waals surface area contributed by atoms with E-state index in [1.54, 1.807) is 19.2 Å². The van der Waals surface area contributed by atoms with Crippen LogP contribution in [0.2, 0.25) is 0 Å². The summed E-state index contributed by atoms with van der Waals surface area (Å²) in [4.78, 5) is 14.3. The third kappa shape index (κ3) is 2.33. The number of aromatic amines is 1. The summed E-state index contributed by atoms with van der Waals surface area (Å²) in [6.45, 7) is 1.71. The number of phenolic OH excluding ortho intramolecular Hbond substituents is 1. The van der Waals surface area contributed by atoms with Crippen molar-refractivity contribution in [3.63, 3.8) is 0 Å². The first-order chi connectivity index (χ1) is 11.2. The molecule has 120 valence electrons. The molecule has 23 heavy (non-hydrogen) atoms. The van der Waals surface area contributed by atoms with Crippen LogP contribution in [-0.4, -0.2) is 46.4 Å². The lowest BCUT2D eigenvalue weighted by molar-refractivity contribution is 0.0818. The van der Waals surface area contributed by atoms with E-state index in [9.17, 15) is 5.11 Å². The number of ether oxygens (including phenoxy) is 1. The van der Waals surface area contributed by atoms with Gasteiger partial charge >= 0.3 is 0 Å². The summed E-state index contributed by atoms with van der Waals surface area (Å²) >= 11 is 0. The Bertz CT molecular complexity index is 868. The molecular formula is C16H19N5O2. The first-order valence-corrected chi connectivity index (χ1v) is 7.71. The second-order valence-corrected chi connectivity index (χ2v) is 5.91. The SMILES string of the molecule is COC1CCN(c2nc(N)nc3[nH]c4ccc(O)cc4c23)CC1. The van der Waals surface area contributed by atoms with Crippen LogP contribution in [0.15, 0.2) is 18.2 Å². The number of nitrogens with two attached hydrogens (primary N) is 1. The van der Waals surface area contributed by atoms with E-state index >= 15 is 0 Å². The Morgan fingerprint density at radius 2 is 2.09 bits per heavy atom. The van der Waals surface area contributed by atoms with Gasteiger partial charge in [0.2, 0.25) is 5.95 Å². The zero-order chi connectivity index (χ0) is 16.0. The van der Waals surface area contributed by atoms with E-state index in [1.165, 1.54) is 0 Å². The van der Waals surface area contributed by atoms with Crippen molar-refractivity contribution in [3.8, 4) is 5.75 Å². The topological polar surface area (TPSA) is 100 Å². The number of aromatic nitrogens is 3. The van der Waals surface area contributed by atoms with E-state index < -0.39 is 0 Å². The Kier molecular flexibility index (Phi) is 3.23. The highest BCUT2D eigenvalue weighted by Crippen LogP contribution is 2.35. The van der Waals surface area contributed by atoms with Crippen molar-refractivity contribution in [1.29, 1.82) is 0 Å². The smallest absolute Gasteiger partial charge is 0.223 e. The molecule has 0 unspecified atom stereocenters. The summed E-state index contributed by atoms with van der Waals surface area (Å²) in [7, 11) is 1.75. The lowest BCUT2D eigenvalue weighted by Gasteiger charge is -2.32. The van der Waals surface area contributed by atoms with Crippen molar-refractivity contribution >= 4 is 33.7 Å². The molecule has 0 saturated carbocycles. The minimum absolute atomic E-state index is 0.222. The molecule has 1 aromatic carbocycles. The zero-order valence-corrected chi connectivity index (χ0v) is 12.9. The maximum absolute atomic E-state index is 9.82. The van der Waals surface area contributed by atoms with Gasteiger partial charge in [0.1, 0.15) is 17.2 Å². The maximum Gasteiger partial charge on any atom is 0.223 e. The summed E-state index contributed by atoms with van der Waals surface area (Å²) in [5.74, 6) is 1.29. The van der Waals surface area contributed by atoms with Gasteiger partial charge in [-0.3, -0.25) is 0 Å². The monoisotopic (exact) mass is 313 g/mol. The average molecular weight is 313 g/mol. The number of nitrogen functional groups attached to an aromatic ring is 1. The highest BCUT2D eigenvalue weighted by atomic mass is 16.5. The Balaban J connectivity index is 1.88. The molecule has 0 atom stereocenters. The molecule has 1 fully saturated rings. The average Bonchev–Trinajstić information content (AvgIpc) is 2.91. The van der Waals surface area contributed by atoms with Crippen LogP contribution >= 0.6 is 0 Å². The number of H-pyrrole nitrogens is 1. The molecule has 0 aliphatic carbocycles.